The Kier molecular flexibility index (Phi) is 3.62. The second-order valence-electron chi connectivity index (χ2n) is 5.03. The summed E-state index contributed by atoms with van der Waals surface area (Å²) < 4.78 is 26.9. The zero-order valence-corrected chi connectivity index (χ0v) is 11.6. The molecule has 0 aromatic heterocycles. The predicted octanol–water partition coefficient (Wildman–Crippen LogP) is 5.11. The highest BCUT2D eigenvalue weighted by atomic mass is 35.5. The SMILES string of the molecule is Fc1cc(F)c(NC2CCCc3ccccc32)c(Cl)c1. The average Bonchev–Trinajstić information content (AvgIpc) is 2.43. The lowest BCUT2D eigenvalue weighted by molar-refractivity contribution is 0.571. The summed E-state index contributed by atoms with van der Waals surface area (Å²) in [5.41, 5.74) is 2.61. The quantitative estimate of drug-likeness (QED) is 0.811. The lowest BCUT2D eigenvalue weighted by atomic mass is 9.87. The number of anilines is 1. The lowest BCUT2D eigenvalue weighted by Crippen LogP contribution is -2.18. The van der Waals surface area contributed by atoms with Gasteiger partial charge in [-0.3, -0.25) is 0 Å². The molecule has 104 valence electrons. The van der Waals surface area contributed by atoms with E-state index in [9.17, 15) is 8.78 Å². The molecule has 2 aromatic carbocycles. The van der Waals surface area contributed by atoms with Crippen LogP contribution in [0.15, 0.2) is 36.4 Å². The van der Waals surface area contributed by atoms with Crippen LogP contribution in [0.1, 0.15) is 30.0 Å². The molecule has 0 bridgehead atoms. The van der Waals surface area contributed by atoms with Crippen molar-refractivity contribution in [2.75, 3.05) is 5.32 Å². The van der Waals surface area contributed by atoms with Crippen LogP contribution in [-0.2, 0) is 6.42 Å². The van der Waals surface area contributed by atoms with Crippen molar-refractivity contribution < 1.29 is 8.78 Å². The van der Waals surface area contributed by atoms with Gasteiger partial charge < -0.3 is 5.32 Å². The molecule has 4 heteroatoms. The fourth-order valence-corrected chi connectivity index (χ4v) is 3.01. The molecule has 0 saturated heterocycles. The summed E-state index contributed by atoms with van der Waals surface area (Å²) >= 11 is 5.94. The molecule has 0 spiro atoms. The van der Waals surface area contributed by atoms with Gasteiger partial charge in [0.25, 0.3) is 0 Å². The Balaban J connectivity index is 1.94. The van der Waals surface area contributed by atoms with Gasteiger partial charge in [0.15, 0.2) is 5.82 Å². The van der Waals surface area contributed by atoms with E-state index >= 15 is 0 Å². The minimum atomic E-state index is -0.665. The zero-order valence-electron chi connectivity index (χ0n) is 10.8. The Morgan fingerprint density at radius 1 is 1.15 bits per heavy atom. The van der Waals surface area contributed by atoms with Gasteiger partial charge in [0.2, 0.25) is 0 Å². The second-order valence-corrected chi connectivity index (χ2v) is 5.44. The summed E-state index contributed by atoms with van der Waals surface area (Å²) in [4.78, 5) is 0. The summed E-state index contributed by atoms with van der Waals surface area (Å²) in [5.74, 6) is -1.32. The third kappa shape index (κ3) is 2.50. The number of nitrogens with one attached hydrogen (secondary N) is 1. The third-order valence-electron chi connectivity index (χ3n) is 3.69. The second kappa shape index (κ2) is 5.41. The molecule has 1 aliphatic rings. The van der Waals surface area contributed by atoms with Gasteiger partial charge in [-0.1, -0.05) is 35.9 Å². The molecule has 0 radical (unpaired) electrons. The van der Waals surface area contributed by atoms with Crippen molar-refractivity contribution in [2.45, 2.75) is 25.3 Å². The number of fused-ring (bicyclic) bond motifs is 1. The Morgan fingerprint density at radius 3 is 2.75 bits per heavy atom. The Morgan fingerprint density at radius 2 is 1.95 bits per heavy atom. The van der Waals surface area contributed by atoms with E-state index in [2.05, 4.69) is 11.4 Å². The van der Waals surface area contributed by atoms with E-state index in [0.29, 0.717) is 0 Å². The third-order valence-corrected chi connectivity index (χ3v) is 3.99. The summed E-state index contributed by atoms with van der Waals surface area (Å²) in [5, 5.41) is 3.20. The molecule has 1 N–H and O–H groups in total. The van der Waals surface area contributed by atoms with Crippen LogP contribution in [0.4, 0.5) is 14.5 Å². The van der Waals surface area contributed by atoms with E-state index in [1.54, 1.807) is 0 Å². The first kappa shape index (κ1) is 13.4. The molecule has 1 nitrogen and oxygen atoms in total. The molecule has 0 aliphatic heterocycles. The summed E-state index contributed by atoms with van der Waals surface area (Å²) in [6, 6.07) is 10.1. The molecule has 0 heterocycles. The van der Waals surface area contributed by atoms with Crippen molar-refractivity contribution in [1.82, 2.24) is 0 Å². The van der Waals surface area contributed by atoms with Crippen LogP contribution in [0, 0.1) is 11.6 Å². The fraction of sp³-hybridized carbons (Fsp3) is 0.250. The first-order valence-corrected chi connectivity index (χ1v) is 7.02. The minimum Gasteiger partial charge on any atom is -0.375 e. The minimum absolute atomic E-state index is 0.0115. The van der Waals surface area contributed by atoms with E-state index in [4.69, 9.17) is 11.6 Å². The maximum atomic E-state index is 13.9. The van der Waals surface area contributed by atoms with E-state index < -0.39 is 11.6 Å². The van der Waals surface area contributed by atoms with Crippen molar-refractivity contribution in [3.05, 3.63) is 64.2 Å². The van der Waals surface area contributed by atoms with Crippen LogP contribution in [0.3, 0.4) is 0 Å². The smallest absolute Gasteiger partial charge is 0.150 e. The van der Waals surface area contributed by atoms with Crippen LogP contribution in [0.2, 0.25) is 5.02 Å². The number of aryl methyl sites for hydroxylation is 1. The Bertz CT molecular complexity index is 619. The van der Waals surface area contributed by atoms with E-state index in [1.807, 2.05) is 18.2 Å². The largest absolute Gasteiger partial charge is 0.375 e. The number of halogens is 3. The maximum absolute atomic E-state index is 13.9. The fourth-order valence-electron chi connectivity index (χ4n) is 2.76. The lowest BCUT2D eigenvalue weighted by Gasteiger charge is -2.27. The van der Waals surface area contributed by atoms with Crippen LogP contribution in [0.25, 0.3) is 0 Å². The van der Waals surface area contributed by atoms with Crippen molar-refractivity contribution in [1.29, 1.82) is 0 Å². The van der Waals surface area contributed by atoms with Gasteiger partial charge >= 0.3 is 0 Å². The number of benzene rings is 2. The highest BCUT2D eigenvalue weighted by Crippen LogP contribution is 2.35. The van der Waals surface area contributed by atoms with Crippen LogP contribution in [-0.4, -0.2) is 0 Å². The molecule has 0 saturated carbocycles. The monoisotopic (exact) mass is 293 g/mol. The first-order valence-electron chi connectivity index (χ1n) is 6.64. The molecule has 0 amide bonds. The van der Waals surface area contributed by atoms with Crippen molar-refractivity contribution >= 4 is 17.3 Å². The van der Waals surface area contributed by atoms with Gasteiger partial charge in [0, 0.05) is 6.07 Å². The van der Waals surface area contributed by atoms with Gasteiger partial charge in [-0.25, -0.2) is 8.78 Å². The van der Waals surface area contributed by atoms with E-state index in [-0.39, 0.29) is 16.8 Å². The molecule has 2 aromatic rings. The normalized spacial score (nSPS) is 17.6. The number of hydrogen-bond donors (Lipinski definition) is 1. The van der Waals surface area contributed by atoms with Gasteiger partial charge in [0.1, 0.15) is 5.82 Å². The van der Waals surface area contributed by atoms with E-state index in [0.717, 1.165) is 31.4 Å². The molecule has 1 unspecified atom stereocenters. The standard InChI is InChI=1S/C16H14ClF2N/c17-13-8-11(18)9-14(19)16(13)20-15-7-3-5-10-4-1-2-6-12(10)15/h1-2,4,6,8-9,15,20H,3,5,7H2. The summed E-state index contributed by atoms with van der Waals surface area (Å²) in [6.07, 6.45) is 2.98. The van der Waals surface area contributed by atoms with Crippen LogP contribution in [0.5, 0.6) is 0 Å². The van der Waals surface area contributed by atoms with Crippen molar-refractivity contribution in [3.8, 4) is 0 Å². The zero-order chi connectivity index (χ0) is 14.1. The molecular formula is C16H14ClF2N. The average molecular weight is 294 g/mol. The topological polar surface area (TPSA) is 12.0 Å². The van der Waals surface area contributed by atoms with Gasteiger partial charge in [-0.15, -0.1) is 0 Å². The van der Waals surface area contributed by atoms with Gasteiger partial charge in [-0.2, -0.15) is 0 Å². The Labute approximate surface area is 121 Å². The Hall–Kier alpha value is -1.61. The first-order chi connectivity index (χ1) is 9.65. The van der Waals surface area contributed by atoms with Crippen LogP contribution < -0.4 is 5.32 Å². The highest BCUT2D eigenvalue weighted by Gasteiger charge is 2.21. The van der Waals surface area contributed by atoms with Crippen molar-refractivity contribution in [3.63, 3.8) is 0 Å². The molecule has 20 heavy (non-hydrogen) atoms. The molecule has 3 rings (SSSR count). The molecule has 0 fully saturated rings. The number of rotatable bonds is 2. The molecule has 1 atom stereocenters. The molecule has 1 aliphatic carbocycles. The van der Waals surface area contributed by atoms with E-state index in [1.165, 1.54) is 11.1 Å². The van der Waals surface area contributed by atoms with Crippen LogP contribution >= 0.6 is 11.6 Å². The molecular weight excluding hydrogens is 280 g/mol. The number of hydrogen-bond acceptors (Lipinski definition) is 1. The highest BCUT2D eigenvalue weighted by molar-refractivity contribution is 6.33. The predicted molar refractivity (Wildman–Crippen MR) is 77.1 cm³/mol. The maximum Gasteiger partial charge on any atom is 0.150 e. The van der Waals surface area contributed by atoms with Crippen molar-refractivity contribution in [2.24, 2.45) is 0 Å². The summed E-state index contributed by atoms with van der Waals surface area (Å²) in [7, 11) is 0. The van der Waals surface area contributed by atoms with Gasteiger partial charge in [-0.05, 0) is 36.5 Å². The van der Waals surface area contributed by atoms with Gasteiger partial charge in [0.05, 0.1) is 16.8 Å². The summed E-state index contributed by atoms with van der Waals surface area (Å²) in [6.45, 7) is 0.